The summed E-state index contributed by atoms with van der Waals surface area (Å²) in [7, 11) is 0. The van der Waals surface area contributed by atoms with E-state index >= 15 is 0 Å². The van der Waals surface area contributed by atoms with E-state index < -0.39 is 0 Å². The minimum atomic E-state index is -0.313. The summed E-state index contributed by atoms with van der Waals surface area (Å²) >= 11 is 0. The lowest BCUT2D eigenvalue weighted by atomic mass is 9.73. The van der Waals surface area contributed by atoms with Crippen molar-refractivity contribution in [2.75, 3.05) is 6.54 Å². The van der Waals surface area contributed by atoms with E-state index in [1.165, 1.54) is 5.56 Å². The molecule has 1 fully saturated rings. The highest BCUT2D eigenvalue weighted by Gasteiger charge is 2.35. The largest absolute Gasteiger partial charge is 0.392 e. The molecule has 116 valence electrons. The van der Waals surface area contributed by atoms with Gasteiger partial charge in [-0.05, 0) is 44.7 Å². The summed E-state index contributed by atoms with van der Waals surface area (Å²) in [5.74, 6) is -0.0241. The normalized spacial score (nSPS) is 25.7. The third-order valence-corrected chi connectivity index (χ3v) is 4.84. The van der Waals surface area contributed by atoms with Gasteiger partial charge in [-0.2, -0.15) is 0 Å². The molecule has 0 spiro atoms. The van der Waals surface area contributed by atoms with Crippen molar-refractivity contribution in [1.82, 2.24) is 5.32 Å². The maximum Gasteiger partial charge on any atom is 0.251 e. The first-order valence-electron chi connectivity index (χ1n) is 7.87. The van der Waals surface area contributed by atoms with E-state index in [9.17, 15) is 9.90 Å². The van der Waals surface area contributed by atoms with E-state index in [4.69, 9.17) is 0 Å². The van der Waals surface area contributed by atoms with Gasteiger partial charge in [-0.25, -0.2) is 0 Å². The second-order valence-corrected chi connectivity index (χ2v) is 6.87. The fourth-order valence-corrected chi connectivity index (χ4v) is 3.50. The Labute approximate surface area is 127 Å². The lowest BCUT2D eigenvalue weighted by molar-refractivity contribution is 0.00190. The number of aliphatic hydroxyl groups is 1. The molecule has 2 rings (SSSR count). The minimum absolute atomic E-state index is 0.0241. The van der Waals surface area contributed by atoms with Crippen molar-refractivity contribution in [3.05, 3.63) is 34.4 Å². The van der Waals surface area contributed by atoms with Gasteiger partial charge in [0, 0.05) is 17.5 Å². The molecule has 0 saturated heterocycles. The molecule has 2 atom stereocenters. The first-order valence-corrected chi connectivity index (χ1v) is 7.87. The van der Waals surface area contributed by atoms with Crippen LogP contribution in [-0.4, -0.2) is 23.7 Å². The van der Waals surface area contributed by atoms with Gasteiger partial charge < -0.3 is 10.4 Å². The number of rotatable bonds is 3. The fourth-order valence-electron chi connectivity index (χ4n) is 3.50. The third-order valence-electron chi connectivity index (χ3n) is 4.84. The quantitative estimate of drug-likeness (QED) is 0.897. The summed E-state index contributed by atoms with van der Waals surface area (Å²) in [6.07, 6.45) is 3.72. The molecule has 1 aromatic rings. The van der Waals surface area contributed by atoms with Crippen LogP contribution in [0.5, 0.6) is 0 Å². The van der Waals surface area contributed by atoms with Crippen molar-refractivity contribution in [3.63, 3.8) is 0 Å². The van der Waals surface area contributed by atoms with Gasteiger partial charge >= 0.3 is 0 Å². The molecule has 2 N–H and O–H groups in total. The van der Waals surface area contributed by atoms with Crippen molar-refractivity contribution in [2.45, 2.75) is 59.5 Å². The van der Waals surface area contributed by atoms with Crippen LogP contribution < -0.4 is 5.32 Å². The van der Waals surface area contributed by atoms with Gasteiger partial charge in [0.2, 0.25) is 0 Å². The monoisotopic (exact) mass is 289 g/mol. The van der Waals surface area contributed by atoms with Crippen molar-refractivity contribution in [2.24, 2.45) is 5.41 Å². The van der Waals surface area contributed by atoms with Crippen molar-refractivity contribution < 1.29 is 9.90 Å². The number of benzene rings is 1. The van der Waals surface area contributed by atoms with E-state index in [0.29, 0.717) is 6.54 Å². The van der Waals surface area contributed by atoms with Gasteiger partial charge in [0.05, 0.1) is 6.10 Å². The highest BCUT2D eigenvalue weighted by Crippen LogP contribution is 2.35. The van der Waals surface area contributed by atoms with Crippen LogP contribution in [-0.2, 0) is 0 Å². The molecule has 1 aromatic carbocycles. The second-order valence-electron chi connectivity index (χ2n) is 6.87. The maximum absolute atomic E-state index is 12.5. The minimum Gasteiger partial charge on any atom is -0.392 e. The molecule has 1 aliphatic carbocycles. The molecule has 0 radical (unpaired) electrons. The number of aryl methyl sites for hydroxylation is 3. The number of amides is 1. The Morgan fingerprint density at radius 1 is 1.29 bits per heavy atom. The third kappa shape index (κ3) is 3.46. The predicted octanol–water partition coefficient (Wildman–Crippen LogP) is 3.28. The second kappa shape index (κ2) is 6.18. The van der Waals surface area contributed by atoms with Gasteiger partial charge in [-0.15, -0.1) is 0 Å². The summed E-state index contributed by atoms with van der Waals surface area (Å²) in [5.41, 5.74) is 3.78. The van der Waals surface area contributed by atoms with Crippen molar-refractivity contribution in [3.8, 4) is 0 Å². The van der Waals surface area contributed by atoms with Crippen LogP contribution >= 0.6 is 0 Å². The SMILES string of the molecule is Cc1cc(C)c(C(=O)NCC2(C)CCCCC2O)c(C)c1. The van der Waals surface area contributed by atoms with Crippen molar-refractivity contribution >= 4 is 5.91 Å². The summed E-state index contributed by atoms with van der Waals surface area (Å²) in [4.78, 5) is 12.5. The average Bonchev–Trinajstić information content (AvgIpc) is 2.39. The van der Waals surface area contributed by atoms with Crippen LogP contribution in [0.15, 0.2) is 12.1 Å². The molecule has 21 heavy (non-hydrogen) atoms. The number of carbonyl (C=O) groups excluding carboxylic acids is 1. The van der Waals surface area contributed by atoms with Gasteiger partial charge in [0.25, 0.3) is 5.91 Å². The molecule has 3 heteroatoms. The fraction of sp³-hybridized carbons (Fsp3) is 0.611. The number of nitrogens with one attached hydrogen (secondary N) is 1. The average molecular weight is 289 g/mol. The molecule has 1 amide bonds. The Balaban J connectivity index is 2.09. The topological polar surface area (TPSA) is 49.3 Å². The predicted molar refractivity (Wildman–Crippen MR) is 85.6 cm³/mol. The molecule has 0 aromatic heterocycles. The Morgan fingerprint density at radius 3 is 2.48 bits per heavy atom. The summed E-state index contributed by atoms with van der Waals surface area (Å²) in [6, 6.07) is 4.08. The smallest absolute Gasteiger partial charge is 0.251 e. The van der Waals surface area contributed by atoms with Crippen LogP contribution in [0.3, 0.4) is 0 Å². The number of carbonyl (C=O) groups is 1. The lowest BCUT2D eigenvalue weighted by Crippen LogP contribution is -2.45. The van der Waals surface area contributed by atoms with E-state index in [2.05, 4.69) is 12.2 Å². The Bertz CT molecular complexity index is 515. The standard InChI is InChI=1S/C18H27NO2/c1-12-9-13(2)16(14(3)10-12)17(21)19-11-18(4)8-6-5-7-15(18)20/h9-10,15,20H,5-8,11H2,1-4H3,(H,19,21). The van der Waals surface area contributed by atoms with Crippen LogP contribution in [0.2, 0.25) is 0 Å². The zero-order chi connectivity index (χ0) is 15.6. The Kier molecular flexibility index (Phi) is 4.72. The summed E-state index contributed by atoms with van der Waals surface area (Å²) in [6.45, 7) is 8.62. The number of hydrogen-bond acceptors (Lipinski definition) is 2. The van der Waals surface area contributed by atoms with Crippen LogP contribution in [0.1, 0.15) is 59.7 Å². The van der Waals surface area contributed by atoms with Crippen LogP contribution in [0.4, 0.5) is 0 Å². The van der Waals surface area contributed by atoms with Gasteiger partial charge in [0.1, 0.15) is 0 Å². The Morgan fingerprint density at radius 2 is 1.90 bits per heavy atom. The molecule has 2 unspecified atom stereocenters. The van der Waals surface area contributed by atoms with E-state index in [0.717, 1.165) is 42.4 Å². The van der Waals surface area contributed by atoms with E-state index in [1.807, 2.05) is 32.9 Å². The van der Waals surface area contributed by atoms with Gasteiger partial charge in [-0.1, -0.05) is 37.5 Å². The van der Waals surface area contributed by atoms with Gasteiger partial charge in [0.15, 0.2) is 0 Å². The number of hydrogen-bond donors (Lipinski definition) is 2. The van der Waals surface area contributed by atoms with Crippen LogP contribution in [0.25, 0.3) is 0 Å². The molecular formula is C18H27NO2. The molecular weight excluding hydrogens is 262 g/mol. The zero-order valence-electron chi connectivity index (χ0n) is 13.6. The summed E-state index contributed by atoms with van der Waals surface area (Å²) in [5, 5.41) is 13.2. The van der Waals surface area contributed by atoms with E-state index in [1.54, 1.807) is 0 Å². The first-order chi connectivity index (χ1) is 9.83. The highest BCUT2D eigenvalue weighted by molar-refractivity contribution is 5.97. The zero-order valence-corrected chi connectivity index (χ0v) is 13.6. The first kappa shape index (κ1) is 16.0. The van der Waals surface area contributed by atoms with Crippen LogP contribution in [0, 0.1) is 26.2 Å². The van der Waals surface area contributed by atoms with Gasteiger partial charge in [-0.3, -0.25) is 4.79 Å². The maximum atomic E-state index is 12.5. The molecule has 3 nitrogen and oxygen atoms in total. The Hall–Kier alpha value is -1.35. The lowest BCUT2D eigenvalue weighted by Gasteiger charge is -2.38. The van der Waals surface area contributed by atoms with E-state index in [-0.39, 0.29) is 17.4 Å². The summed E-state index contributed by atoms with van der Waals surface area (Å²) < 4.78 is 0. The molecule has 0 aliphatic heterocycles. The molecule has 0 heterocycles. The molecule has 1 aliphatic rings. The highest BCUT2D eigenvalue weighted by atomic mass is 16.3. The molecule has 0 bridgehead atoms. The molecule has 1 saturated carbocycles. The number of aliphatic hydroxyl groups excluding tert-OH is 1. The van der Waals surface area contributed by atoms with Crippen molar-refractivity contribution in [1.29, 1.82) is 0 Å².